The van der Waals surface area contributed by atoms with E-state index in [0.717, 1.165) is 19.4 Å². The van der Waals surface area contributed by atoms with Crippen LogP contribution in [0.1, 0.15) is 19.8 Å². The first-order valence-corrected chi connectivity index (χ1v) is 4.88. The van der Waals surface area contributed by atoms with Gasteiger partial charge in [-0.05, 0) is 26.4 Å². The molecule has 4 nitrogen and oxygen atoms in total. The van der Waals surface area contributed by atoms with Gasteiger partial charge in [0.2, 0.25) is 0 Å². The van der Waals surface area contributed by atoms with Gasteiger partial charge in [0.25, 0.3) is 0 Å². The van der Waals surface area contributed by atoms with Gasteiger partial charge in [0.1, 0.15) is 0 Å². The first-order valence-electron chi connectivity index (χ1n) is 4.88. The molecule has 84 valence electrons. The van der Waals surface area contributed by atoms with Crippen LogP contribution in [0.15, 0.2) is 0 Å². The molecule has 0 spiro atoms. The fraction of sp³-hybridized carbons (Fsp3) is 0.900. The Morgan fingerprint density at radius 3 is 2.43 bits per heavy atom. The zero-order valence-corrected chi connectivity index (χ0v) is 9.55. The Morgan fingerprint density at radius 2 is 2.07 bits per heavy atom. The van der Waals surface area contributed by atoms with Crippen molar-refractivity contribution in [3.8, 4) is 0 Å². The van der Waals surface area contributed by atoms with E-state index in [0.29, 0.717) is 6.61 Å². The van der Waals surface area contributed by atoms with Crippen LogP contribution in [0.5, 0.6) is 0 Å². The smallest absolute Gasteiger partial charge is 0.314 e. The zero-order valence-electron chi connectivity index (χ0n) is 9.55. The average Bonchev–Trinajstić information content (AvgIpc) is 2.23. The predicted octanol–water partition coefficient (Wildman–Crippen LogP) is 0.812. The maximum Gasteiger partial charge on any atom is 0.314 e. The minimum Gasteiger partial charge on any atom is -0.469 e. The highest BCUT2D eigenvalue weighted by Gasteiger charge is 2.37. The number of hydrogen-bond acceptors (Lipinski definition) is 4. The lowest BCUT2D eigenvalue weighted by molar-refractivity contribution is -0.157. The minimum absolute atomic E-state index is 0.183. The molecule has 14 heavy (non-hydrogen) atoms. The number of carbonyl (C=O) groups excluding carboxylic acids is 1. The summed E-state index contributed by atoms with van der Waals surface area (Å²) in [6.45, 7) is 3.18. The highest BCUT2D eigenvalue weighted by Crippen LogP contribution is 2.28. The Bertz CT molecular complexity index is 173. The van der Waals surface area contributed by atoms with Gasteiger partial charge in [-0.1, -0.05) is 6.92 Å². The SMILES string of the molecule is CCC(CCNC)(COC)C(=O)OC. The quantitative estimate of drug-likeness (QED) is 0.622. The molecular weight excluding hydrogens is 182 g/mol. The second-order valence-corrected chi connectivity index (χ2v) is 3.41. The molecule has 0 aromatic heterocycles. The topological polar surface area (TPSA) is 47.6 Å². The van der Waals surface area contributed by atoms with Crippen molar-refractivity contribution >= 4 is 5.97 Å². The Morgan fingerprint density at radius 1 is 1.43 bits per heavy atom. The first kappa shape index (κ1) is 13.4. The van der Waals surface area contributed by atoms with Crippen LogP contribution in [0.2, 0.25) is 0 Å². The van der Waals surface area contributed by atoms with Gasteiger partial charge >= 0.3 is 5.97 Å². The molecule has 0 amide bonds. The van der Waals surface area contributed by atoms with Gasteiger partial charge in [-0.15, -0.1) is 0 Å². The van der Waals surface area contributed by atoms with E-state index in [-0.39, 0.29) is 5.97 Å². The van der Waals surface area contributed by atoms with Crippen LogP contribution in [-0.2, 0) is 14.3 Å². The summed E-state index contributed by atoms with van der Waals surface area (Å²) in [5, 5.41) is 3.03. The molecule has 0 saturated heterocycles. The average molecular weight is 203 g/mol. The van der Waals surface area contributed by atoms with Crippen LogP contribution < -0.4 is 5.32 Å². The van der Waals surface area contributed by atoms with Crippen molar-refractivity contribution in [1.82, 2.24) is 5.32 Å². The van der Waals surface area contributed by atoms with Gasteiger partial charge < -0.3 is 14.8 Å². The van der Waals surface area contributed by atoms with Crippen molar-refractivity contribution in [2.75, 3.05) is 34.4 Å². The van der Waals surface area contributed by atoms with Crippen LogP contribution in [0.4, 0.5) is 0 Å². The van der Waals surface area contributed by atoms with Gasteiger partial charge in [0.15, 0.2) is 0 Å². The normalized spacial score (nSPS) is 14.9. The fourth-order valence-corrected chi connectivity index (χ4v) is 1.51. The van der Waals surface area contributed by atoms with Crippen molar-refractivity contribution in [1.29, 1.82) is 0 Å². The molecule has 0 bridgehead atoms. The molecule has 1 unspecified atom stereocenters. The summed E-state index contributed by atoms with van der Waals surface area (Å²) in [4.78, 5) is 11.6. The molecule has 4 heteroatoms. The van der Waals surface area contributed by atoms with Gasteiger partial charge in [-0.3, -0.25) is 4.79 Å². The van der Waals surface area contributed by atoms with Crippen LogP contribution in [0, 0.1) is 5.41 Å². The number of ether oxygens (including phenoxy) is 2. The first-order chi connectivity index (χ1) is 6.66. The summed E-state index contributed by atoms with van der Waals surface area (Å²) in [7, 11) is 4.89. The Hall–Kier alpha value is -0.610. The highest BCUT2D eigenvalue weighted by atomic mass is 16.5. The van der Waals surface area contributed by atoms with E-state index in [1.54, 1.807) is 7.11 Å². The highest BCUT2D eigenvalue weighted by molar-refractivity contribution is 5.76. The summed E-state index contributed by atoms with van der Waals surface area (Å²) in [5.41, 5.74) is -0.494. The van der Waals surface area contributed by atoms with E-state index in [9.17, 15) is 4.79 Å². The number of methoxy groups -OCH3 is 2. The second-order valence-electron chi connectivity index (χ2n) is 3.41. The van der Waals surface area contributed by atoms with E-state index in [1.807, 2.05) is 14.0 Å². The molecule has 0 aliphatic carbocycles. The molecule has 1 N–H and O–H groups in total. The van der Waals surface area contributed by atoms with Crippen molar-refractivity contribution in [3.05, 3.63) is 0 Å². The van der Waals surface area contributed by atoms with Gasteiger partial charge in [-0.25, -0.2) is 0 Å². The van der Waals surface area contributed by atoms with Crippen LogP contribution in [0.25, 0.3) is 0 Å². The van der Waals surface area contributed by atoms with E-state index < -0.39 is 5.41 Å². The molecule has 0 rings (SSSR count). The maximum absolute atomic E-state index is 11.6. The van der Waals surface area contributed by atoms with Gasteiger partial charge in [0, 0.05) is 7.11 Å². The van der Waals surface area contributed by atoms with E-state index in [2.05, 4.69) is 5.32 Å². The molecule has 0 aromatic carbocycles. The maximum atomic E-state index is 11.6. The van der Waals surface area contributed by atoms with Crippen LogP contribution in [0.3, 0.4) is 0 Å². The van der Waals surface area contributed by atoms with Crippen molar-refractivity contribution in [3.63, 3.8) is 0 Å². The molecule has 0 saturated carbocycles. The largest absolute Gasteiger partial charge is 0.469 e. The summed E-state index contributed by atoms with van der Waals surface area (Å²) in [5.74, 6) is -0.183. The van der Waals surface area contributed by atoms with Gasteiger partial charge in [-0.2, -0.15) is 0 Å². The molecule has 0 heterocycles. The minimum atomic E-state index is -0.494. The number of nitrogens with one attached hydrogen (secondary N) is 1. The van der Waals surface area contributed by atoms with E-state index >= 15 is 0 Å². The lowest BCUT2D eigenvalue weighted by atomic mass is 9.82. The predicted molar refractivity (Wildman–Crippen MR) is 55.2 cm³/mol. The molecule has 0 aromatic rings. The monoisotopic (exact) mass is 203 g/mol. The second kappa shape index (κ2) is 6.79. The lowest BCUT2D eigenvalue weighted by Gasteiger charge is -2.28. The number of rotatable bonds is 7. The molecule has 0 radical (unpaired) electrons. The molecular formula is C10H21NO3. The van der Waals surface area contributed by atoms with Crippen LogP contribution >= 0.6 is 0 Å². The standard InChI is InChI=1S/C10H21NO3/c1-5-10(8-13-3,6-7-11-2)9(12)14-4/h11H,5-8H2,1-4H3. The third kappa shape index (κ3) is 3.27. The summed E-state index contributed by atoms with van der Waals surface area (Å²) < 4.78 is 9.90. The molecule has 0 fully saturated rings. The molecule has 0 aliphatic rings. The van der Waals surface area contributed by atoms with Crippen molar-refractivity contribution in [2.24, 2.45) is 5.41 Å². The summed E-state index contributed by atoms with van der Waals surface area (Å²) in [6.07, 6.45) is 1.47. The van der Waals surface area contributed by atoms with Crippen molar-refractivity contribution < 1.29 is 14.3 Å². The number of carbonyl (C=O) groups is 1. The van der Waals surface area contributed by atoms with Crippen molar-refractivity contribution in [2.45, 2.75) is 19.8 Å². The molecule has 0 aliphatic heterocycles. The van der Waals surface area contributed by atoms with Gasteiger partial charge in [0.05, 0.1) is 19.1 Å². The van der Waals surface area contributed by atoms with E-state index in [1.165, 1.54) is 7.11 Å². The Kier molecular flexibility index (Phi) is 6.49. The zero-order chi connectivity index (χ0) is 11.0. The molecule has 1 atom stereocenters. The lowest BCUT2D eigenvalue weighted by Crippen LogP contribution is -2.38. The van der Waals surface area contributed by atoms with E-state index in [4.69, 9.17) is 9.47 Å². The Balaban J connectivity index is 4.50. The van der Waals surface area contributed by atoms with Crippen LogP contribution in [-0.4, -0.2) is 40.4 Å². The fourth-order valence-electron chi connectivity index (χ4n) is 1.51. The number of hydrogen-bond donors (Lipinski definition) is 1. The summed E-state index contributed by atoms with van der Waals surface area (Å²) >= 11 is 0. The Labute approximate surface area is 86.0 Å². The third-order valence-corrected chi connectivity index (χ3v) is 2.57. The summed E-state index contributed by atoms with van der Waals surface area (Å²) in [6, 6.07) is 0. The number of esters is 1. The third-order valence-electron chi connectivity index (χ3n) is 2.57.